The van der Waals surface area contributed by atoms with Crippen molar-refractivity contribution in [2.75, 3.05) is 13.7 Å². The van der Waals surface area contributed by atoms with Gasteiger partial charge in [-0.25, -0.2) is 0 Å². The number of rotatable bonds is 4. The lowest BCUT2D eigenvalue weighted by atomic mass is 10.00. The lowest BCUT2D eigenvalue weighted by Gasteiger charge is -2.34. The Hall–Kier alpha value is -0.570. The first-order valence-electron chi connectivity index (χ1n) is 5.85. The summed E-state index contributed by atoms with van der Waals surface area (Å²) in [5.74, 6) is 0.746. The van der Waals surface area contributed by atoms with Gasteiger partial charge < -0.3 is 10.0 Å². The van der Waals surface area contributed by atoms with Crippen molar-refractivity contribution in [2.45, 2.75) is 51.5 Å². The Balaban J connectivity index is 2.45. The van der Waals surface area contributed by atoms with Gasteiger partial charge in [-0.15, -0.1) is 0 Å². The van der Waals surface area contributed by atoms with Crippen LogP contribution in [0.25, 0.3) is 0 Å². The molecule has 1 rings (SSSR count). The van der Waals surface area contributed by atoms with Crippen molar-refractivity contribution >= 4 is 5.91 Å². The van der Waals surface area contributed by atoms with E-state index in [9.17, 15) is 9.90 Å². The molecule has 1 N–H and O–H groups in total. The fourth-order valence-electron chi connectivity index (χ4n) is 2.04. The maximum absolute atomic E-state index is 11.9. The minimum atomic E-state index is -0.435. The number of carbonyl (C=O) groups excluding carboxylic acids is 1. The Morgan fingerprint density at radius 1 is 1.40 bits per heavy atom. The van der Waals surface area contributed by atoms with Crippen molar-refractivity contribution in [2.24, 2.45) is 5.92 Å². The summed E-state index contributed by atoms with van der Waals surface area (Å²) < 4.78 is 0. The first-order chi connectivity index (χ1) is 6.97. The minimum absolute atomic E-state index is 0.0138. The van der Waals surface area contributed by atoms with E-state index in [0.717, 1.165) is 0 Å². The Morgan fingerprint density at radius 3 is 2.40 bits per heavy atom. The van der Waals surface area contributed by atoms with Crippen LogP contribution in [-0.4, -0.2) is 35.1 Å². The van der Waals surface area contributed by atoms with E-state index >= 15 is 0 Å². The highest BCUT2D eigenvalue weighted by Gasteiger charge is 2.28. The average molecular weight is 213 g/mol. The van der Waals surface area contributed by atoms with Crippen LogP contribution < -0.4 is 0 Å². The van der Waals surface area contributed by atoms with E-state index in [0.29, 0.717) is 12.3 Å². The zero-order valence-corrected chi connectivity index (χ0v) is 10.1. The Morgan fingerprint density at radius 2 is 1.93 bits per heavy atom. The van der Waals surface area contributed by atoms with Gasteiger partial charge in [0.25, 0.3) is 0 Å². The van der Waals surface area contributed by atoms with Gasteiger partial charge in [-0.05, 0) is 32.6 Å². The van der Waals surface area contributed by atoms with Crippen LogP contribution in [0.5, 0.6) is 0 Å². The van der Waals surface area contributed by atoms with Gasteiger partial charge in [0.2, 0.25) is 5.91 Å². The molecule has 1 aliphatic carbocycles. The fraction of sp³-hybridized carbons (Fsp3) is 0.917. The summed E-state index contributed by atoms with van der Waals surface area (Å²) in [6.07, 6.45) is 5.58. The molecule has 0 aromatic carbocycles. The summed E-state index contributed by atoms with van der Waals surface area (Å²) in [6, 6.07) is 0. The zero-order valence-electron chi connectivity index (χ0n) is 10.1. The fourth-order valence-corrected chi connectivity index (χ4v) is 2.04. The molecule has 88 valence electrons. The molecular formula is C12H23NO2. The minimum Gasteiger partial charge on any atom is -0.394 e. The summed E-state index contributed by atoms with van der Waals surface area (Å²) in [5, 5.41) is 9.18. The van der Waals surface area contributed by atoms with E-state index in [1.54, 1.807) is 11.9 Å². The molecule has 0 unspecified atom stereocenters. The highest BCUT2D eigenvalue weighted by molar-refractivity contribution is 5.77. The van der Waals surface area contributed by atoms with Crippen LogP contribution in [0.3, 0.4) is 0 Å². The predicted octanol–water partition coefficient (Wildman–Crippen LogP) is 1.80. The van der Waals surface area contributed by atoms with Crippen molar-refractivity contribution in [3.63, 3.8) is 0 Å². The van der Waals surface area contributed by atoms with Crippen LogP contribution in [0.4, 0.5) is 0 Å². The molecule has 1 fully saturated rings. The lowest BCUT2D eigenvalue weighted by Crippen LogP contribution is -2.48. The monoisotopic (exact) mass is 213 g/mol. The molecule has 15 heavy (non-hydrogen) atoms. The zero-order chi connectivity index (χ0) is 11.5. The molecule has 1 saturated carbocycles. The quantitative estimate of drug-likeness (QED) is 0.773. The highest BCUT2D eigenvalue weighted by atomic mass is 16.3. The molecule has 0 aromatic heterocycles. The van der Waals surface area contributed by atoms with E-state index in [-0.39, 0.29) is 12.5 Å². The normalized spacial score (nSPS) is 18.1. The molecule has 0 atom stereocenters. The maximum atomic E-state index is 11.9. The average Bonchev–Trinajstić information content (AvgIpc) is 2.69. The number of hydrogen-bond acceptors (Lipinski definition) is 2. The van der Waals surface area contributed by atoms with Crippen LogP contribution >= 0.6 is 0 Å². The van der Waals surface area contributed by atoms with Gasteiger partial charge in [-0.1, -0.05) is 12.8 Å². The number of carbonyl (C=O) groups is 1. The molecule has 0 aromatic rings. The van der Waals surface area contributed by atoms with Gasteiger partial charge in [0.1, 0.15) is 0 Å². The first-order valence-corrected chi connectivity index (χ1v) is 5.85. The van der Waals surface area contributed by atoms with Gasteiger partial charge in [0.05, 0.1) is 12.1 Å². The Kier molecular flexibility index (Phi) is 4.14. The molecule has 0 aliphatic heterocycles. The standard InChI is InChI=1S/C12H23NO2/c1-12(2,9-14)13(3)11(15)8-10-6-4-5-7-10/h10,14H,4-9H2,1-3H3. The number of hydrogen-bond donors (Lipinski definition) is 1. The second-order valence-electron chi connectivity index (χ2n) is 5.28. The lowest BCUT2D eigenvalue weighted by molar-refractivity contribution is -0.137. The molecule has 3 nitrogen and oxygen atoms in total. The predicted molar refractivity (Wildman–Crippen MR) is 60.5 cm³/mol. The summed E-state index contributed by atoms with van der Waals surface area (Å²) in [7, 11) is 1.79. The van der Waals surface area contributed by atoms with Gasteiger partial charge in [-0.3, -0.25) is 4.79 Å². The van der Waals surface area contributed by atoms with E-state index in [1.165, 1.54) is 25.7 Å². The van der Waals surface area contributed by atoms with Crippen molar-refractivity contribution in [3.05, 3.63) is 0 Å². The van der Waals surface area contributed by atoms with E-state index in [2.05, 4.69) is 0 Å². The second kappa shape index (κ2) is 4.97. The summed E-state index contributed by atoms with van der Waals surface area (Å²) in [4.78, 5) is 13.6. The number of likely N-dealkylation sites (N-methyl/N-ethyl adjacent to an activating group) is 1. The Bertz CT molecular complexity index is 220. The van der Waals surface area contributed by atoms with Gasteiger partial charge in [0, 0.05) is 13.5 Å². The molecular weight excluding hydrogens is 190 g/mol. The third kappa shape index (κ3) is 3.20. The largest absolute Gasteiger partial charge is 0.394 e. The molecule has 1 amide bonds. The van der Waals surface area contributed by atoms with Crippen LogP contribution in [0, 0.1) is 5.92 Å². The number of nitrogens with zero attached hydrogens (tertiary/aromatic N) is 1. The molecule has 0 radical (unpaired) electrons. The maximum Gasteiger partial charge on any atom is 0.223 e. The van der Waals surface area contributed by atoms with Crippen molar-refractivity contribution in [3.8, 4) is 0 Å². The van der Waals surface area contributed by atoms with E-state index in [1.807, 2.05) is 13.8 Å². The van der Waals surface area contributed by atoms with Crippen LogP contribution in [0.1, 0.15) is 46.0 Å². The third-order valence-corrected chi connectivity index (χ3v) is 3.61. The molecule has 0 bridgehead atoms. The summed E-state index contributed by atoms with van der Waals surface area (Å²) in [5.41, 5.74) is -0.435. The third-order valence-electron chi connectivity index (χ3n) is 3.61. The van der Waals surface area contributed by atoms with Crippen molar-refractivity contribution in [1.82, 2.24) is 4.90 Å². The first kappa shape index (κ1) is 12.5. The molecule has 0 heterocycles. The Labute approximate surface area is 92.5 Å². The highest BCUT2D eigenvalue weighted by Crippen LogP contribution is 2.28. The van der Waals surface area contributed by atoms with Crippen molar-refractivity contribution in [1.29, 1.82) is 0 Å². The van der Waals surface area contributed by atoms with Crippen molar-refractivity contribution < 1.29 is 9.90 Å². The van der Waals surface area contributed by atoms with Gasteiger partial charge in [-0.2, -0.15) is 0 Å². The van der Waals surface area contributed by atoms with Gasteiger partial charge in [0.15, 0.2) is 0 Å². The van der Waals surface area contributed by atoms with Crippen LogP contribution in [-0.2, 0) is 4.79 Å². The van der Waals surface area contributed by atoms with Crippen LogP contribution in [0.2, 0.25) is 0 Å². The second-order valence-corrected chi connectivity index (χ2v) is 5.28. The van der Waals surface area contributed by atoms with Crippen LogP contribution in [0.15, 0.2) is 0 Å². The summed E-state index contributed by atoms with van der Waals surface area (Å²) >= 11 is 0. The summed E-state index contributed by atoms with van der Waals surface area (Å²) in [6.45, 7) is 3.79. The number of amides is 1. The smallest absolute Gasteiger partial charge is 0.223 e. The molecule has 3 heteroatoms. The topological polar surface area (TPSA) is 40.5 Å². The van der Waals surface area contributed by atoms with E-state index < -0.39 is 5.54 Å². The number of aliphatic hydroxyl groups excluding tert-OH is 1. The molecule has 0 saturated heterocycles. The SMILES string of the molecule is CN(C(=O)CC1CCCC1)C(C)(C)CO. The molecule has 1 aliphatic rings. The molecule has 0 spiro atoms. The number of aliphatic hydroxyl groups is 1. The van der Waals surface area contributed by atoms with E-state index in [4.69, 9.17) is 0 Å². The van der Waals surface area contributed by atoms with Gasteiger partial charge >= 0.3 is 0 Å².